The summed E-state index contributed by atoms with van der Waals surface area (Å²) in [5, 5.41) is 12.9. The number of carbonyl (C=O) groups excluding carboxylic acids is 1. The number of aromatic carboxylic acids is 1. The molecule has 2 heterocycles. The van der Waals surface area contributed by atoms with E-state index in [1.807, 2.05) is 12.1 Å². The molecule has 0 bridgehead atoms. The van der Waals surface area contributed by atoms with Crippen molar-refractivity contribution in [2.75, 3.05) is 20.2 Å². The monoisotopic (exact) mass is 371 g/mol. The number of hydrogen-bond donors (Lipinski definition) is 1. The number of likely N-dealkylation sites (tertiary alicyclic amines) is 1. The van der Waals surface area contributed by atoms with Crippen LogP contribution >= 0.6 is 0 Å². The smallest absolute Gasteiger partial charge is 0.356 e. The third-order valence-electron chi connectivity index (χ3n) is 5.22. The normalized spacial score (nSPS) is 15.0. The van der Waals surface area contributed by atoms with Crippen molar-refractivity contribution < 1.29 is 19.4 Å². The van der Waals surface area contributed by atoms with E-state index < -0.39 is 5.97 Å². The first-order valence-corrected chi connectivity index (χ1v) is 9.17. The molecule has 0 saturated carbocycles. The van der Waals surface area contributed by atoms with Gasteiger partial charge in [0.1, 0.15) is 11.4 Å². The van der Waals surface area contributed by atoms with E-state index in [2.05, 4.69) is 17.2 Å². The first-order valence-electron chi connectivity index (χ1n) is 9.17. The molecular formula is C20H25N3O4. The van der Waals surface area contributed by atoms with Gasteiger partial charge in [0.15, 0.2) is 5.69 Å². The molecule has 7 heteroatoms. The van der Waals surface area contributed by atoms with Gasteiger partial charge in [0.05, 0.1) is 7.11 Å². The van der Waals surface area contributed by atoms with Crippen molar-refractivity contribution >= 4 is 11.9 Å². The van der Waals surface area contributed by atoms with Gasteiger partial charge in [-0.25, -0.2) is 4.79 Å². The highest BCUT2D eigenvalue weighted by Crippen LogP contribution is 2.24. The van der Waals surface area contributed by atoms with E-state index in [0.29, 0.717) is 24.7 Å². The second kappa shape index (κ2) is 8.24. The molecular weight excluding hydrogens is 346 g/mol. The van der Waals surface area contributed by atoms with Gasteiger partial charge in [-0.05, 0) is 49.3 Å². The predicted molar refractivity (Wildman–Crippen MR) is 100 cm³/mol. The minimum absolute atomic E-state index is 0.102. The summed E-state index contributed by atoms with van der Waals surface area (Å²) < 4.78 is 6.53. The topological polar surface area (TPSA) is 84.7 Å². The molecule has 1 aliphatic heterocycles. The van der Waals surface area contributed by atoms with Gasteiger partial charge in [-0.3, -0.25) is 9.48 Å². The van der Waals surface area contributed by atoms with Gasteiger partial charge in [0, 0.05) is 26.2 Å². The fraction of sp³-hybridized carbons (Fsp3) is 0.450. The Kier molecular flexibility index (Phi) is 5.78. The Bertz CT molecular complexity index is 805. The SMILES string of the molecule is COc1ccc(CCC2CCN(C(=O)c3cc(C(=O)O)nn3C)CC2)cc1. The fourth-order valence-electron chi connectivity index (χ4n) is 3.52. The number of aryl methyl sites for hydroxylation is 2. The predicted octanol–water partition coefficient (Wildman–Crippen LogP) is 2.61. The molecule has 1 fully saturated rings. The summed E-state index contributed by atoms with van der Waals surface area (Å²) >= 11 is 0. The molecule has 144 valence electrons. The molecule has 0 aliphatic carbocycles. The third-order valence-corrected chi connectivity index (χ3v) is 5.22. The lowest BCUT2D eigenvalue weighted by molar-refractivity contribution is 0.0672. The van der Waals surface area contributed by atoms with Gasteiger partial charge in [0.2, 0.25) is 0 Å². The van der Waals surface area contributed by atoms with Crippen LogP contribution in [0.25, 0.3) is 0 Å². The molecule has 1 aromatic carbocycles. The summed E-state index contributed by atoms with van der Waals surface area (Å²) in [6.07, 6.45) is 4.05. The highest BCUT2D eigenvalue weighted by Gasteiger charge is 2.26. The van der Waals surface area contributed by atoms with Crippen molar-refractivity contribution in [2.45, 2.75) is 25.7 Å². The van der Waals surface area contributed by atoms with Crippen molar-refractivity contribution in [3.8, 4) is 5.75 Å². The molecule has 1 aromatic heterocycles. The fourth-order valence-corrected chi connectivity index (χ4v) is 3.52. The summed E-state index contributed by atoms with van der Waals surface area (Å²) in [5.74, 6) is 0.192. The highest BCUT2D eigenvalue weighted by molar-refractivity contribution is 5.95. The molecule has 7 nitrogen and oxygen atoms in total. The van der Waals surface area contributed by atoms with Crippen LogP contribution in [0.4, 0.5) is 0 Å². The van der Waals surface area contributed by atoms with Crippen molar-refractivity contribution in [2.24, 2.45) is 13.0 Å². The summed E-state index contributed by atoms with van der Waals surface area (Å²) in [7, 11) is 3.26. The maximum atomic E-state index is 12.7. The minimum Gasteiger partial charge on any atom is -0.497 e. The molecule has 1 aliphatic rings. The standard InChI is InChI=1S/C20H25N3O4/c1-22-18(13-17(21-22)20(25)26)19(24)23-11-9-15(10-12-23)4-3-14-5-7-16(27-2)8-6-14/h5-8,13,15H,3-4,9-12H2,1-2H3,(H,25,26). The molecule has 1 saturated heterocycles. The lowest BCUT2D eigenvalue weighted by Crippen LogP contribution is -2.39. The summed E-state index contributed by atoms with van der Waals surface area (Å²) in [5.41, 5.74) is 1.52. The minimum atomic E-state index is -1.12. The van der Waals surface area contributed by atoms with Crippen molar-refractivity contribution in [1.29, 1.82) is 0 Å². The molecule has 0 atom stereocenters. The number of carboxylic acid groups (broad SMARTS) is 1. The number of aromatic nitrogens is 2. The van der Waals surface area contributed by atoms with Gasteiger partial charge in [-0.15, -0.1) is 0 Å². The van der Waals surface area contributed by atoms with E-state index >= 15 is 0 Å². The number of hydrogen-bond acceptors (Lipinski definition) is 4. The molecule has 27 heavy (non-hydrogen) atoms. The van der Waals surface area contributed by atoms with Crippen molar-refractivity contribution in [3.63, 3.8) is 0 Å². The second-order valence-electron chi connectivity index (χ2n) is 6.97. The Morgan fingerprint density at radius 3 is 2.44 bits per heavy atom. The maximum Gasteiger partial charge on any atom is 0.356 e. The van der Waals surface area contributed by atoms with Crippen LogP contribution in [0.15, 0.2) is 30.3 Å². The van der Waals surface area contributed by atoms with Crippen LogP contribution in [-0.4, -0.2) is 51.9 Å². The quantitative estimate of drug-likeness (QED) is 0.844. The summed E-state index contributed by atoms with van der Waals surface area (Å²) in [6.45, 7) is 1.39. The molecule has 0 radical (unpaired) electrons. The zero-order valence-electron chi connectivity index (χ0n) is 15.7. The number of piperidine rings is 1. The van der Waals surface area contributed by atoms with Crippen LogP contribution in [0.5, 0.6) is 5.75 Å². The van der Waals surface area contributed by atoms with Gasteiger partial charge in [0.25, 0.3) is 5.91 Å². The number of carboxylic acids is 1. The molecule has 2 aromatic rings. The van der Waals surface area contributed by atoms with Gasteiger partial charge >= 0.3 is 5.97 Å². The van der Waals surface area contributed by atoms with Crippen molar-refractivity contribution in [1.82, 2.24) is 14.7 Å². The van der Waals surface area contributed by atoms with Gasteiger partial charge in [-0.2, -0.15) is 5.10 Å². The zero-order chi connectivity index (χ0) is 19.4. The average molecular weight is 371 g/mol. The Hall–Kier alpha value is -2.83. The number of methoxy groups -OCH3 is 1. The number of ether oxygens (including phenoxy) is 1. The van der Waals surface area contributed by atoms with Crippen molar-refractivity contribution in [3.05, 3.63) is 47.3 Å². The second-order valence-corrected chi connectivity index (χ2v) is 6.97. The number of rotatable bonds is 6. The van der Waals surface area contributed by atoms with Crippen LogP contribution in [0.3, 0.4) is 0 Å². The van der Waals surface area contributed by atoms with E-state index in [0.717, 1.165) is 31.4 Å². The molecule has 1 N–H and O–H groups in total. The molecule has 0 spiro atoms. The van der Waals surface area contributed by atoms with E-state index in [1.165, 1.54) is 16.3 Å². The van der Waals surface area contributed by atoms with Crippen LogP contribution in [0, 0.1) is 5.92 Å². The lowest BCUT2D eigenvalue weighted by atomic mass is 9.90. The van der Waals surface area contributed by atoms with Crippen LogP contribution in [0.1, 0.15) is 45.8 Å². The maximum absolute atomic E-state index is 12.7. The first-order chi connectivity index (χ1) is 13.0. The van der Waals surface area contributed by atoms with Crippen LogP contribution in [0.2, 0.25) is 0 Å². The Morgan fingerprint density at radius 1 is 1.22 bits per heavy atom. The van der Waals surface area contributed by atoms with Gasteiger partial charge < -0.3 is 14.7 Å². The Labute approximate surface area is 158 Å². The van der Waals surface area contributed by atoms with E-state index in [1.54, 1.807) is 19.1 Å². The van der Waals surface area contributed by atoms with E-state index in [9.17, 15) is 9.59 Å². The van der Waals surface area contributed by atoms with E-state index in [-0.39, 0.29) is 11.6 Å². The number of carbonyl (C=O) groups is 2. The summed E-state index contributed by atoms with van der Waals surface area (Å²) in [4.78, 5) is 25.5. The third kappa shape index (κ3) is 4.48. The number of benzene rings is 1. The number of nitrogens with zero attached hydrogens (tertiary/aromatic N) is 3. The molecule has 3 rings (SSSR count). The highest BCUT2D eigenvalue weighted by atomic mass is 16.5. The first kappa shape index (κ1) is 18.9. The molecule has 1 amide bonds. The van der Waals surface area contributed by atoms with E-state index in [4.69, 9.17) is 9.84 Å². The Balaban J connectivity index is 1.50. The Morgan fingerprint density at radius 2 is 1.89 bits per heavy atom. The molecule has 0 unspecified atom stereocenters. The van der Waals surface area contributed by atoms with Gasteiger partial charge in [-0.1, -0.05) is 12.1 Å². The average Bonchev–Trinajstić information content (AvgIpc) is 3.08. The van der Waals surface area contributed by atoms with Crippen LogP contribution in [-0.2, 0) is 13.5 Å². The summed E-state index contributed by atoms with van der Waals surface area (Å²) in [6, 6.07) is 9.51. The lowest BCUT2D eigenvalue weighted by Gasteiger charge is -2.32. The zero-order valence-corrected chi connectivity index (χ0v) is 15.7. The van der Waals surface area contributed by atoms with Crippen LogP contribution < -0.4 is 4.74 Å². The largest absolute Gasteiger partial charge is 0.497 e. The number of amides is 1.